The Labute approximate surface area is 53.7 Å². The van der Waals surface area contributed by atoms with E-state index in [0.29, 0.717) is 9.52 Å². The molecule has 0 atom stereocenters. The molecule has 0 N–H and O–H groups in total. The van der Waals surface area contributed by atoms with Gasteiger partial charge in [0.1, 0.15) is 0 Å². The number of hydrogen-bond acceptors (Lipinski definition) is 1. The van der Waals surface area contributed by atoms with Crippen LogP contribution in [0.2, 0.25) is 13.1 Å². The summed E-state index contributed by atoms with van der Waals surface area (Å²) < 4.78 is 0. The van der Waals surface area contributed by atoms with E-state index < -0.39 is 0 Å². The molecule has 0 radical (unpaired) electrons. The normalized spacial score (nSPS) is 6.50. The molecule has 2 nitrogen and oxygen atoms in total. The summed E-state index contributed by atoms with van der Waals surface area (Å²) in [7, 11) is 3.79. The van der Waals surface area contributed by atoms with Gasteiger partial charge in [-0.05, 0) is 0 Å². The summed E-state index contributed by atoms with van der Waals surface area (Å²) in [5.41, 5.74) is 0. The molecule has 0 rings (SSSR count). The Morgan fingerprint density at radius 1 is 1.38 bits per heavy atom. The maximum atomic E-state index is 9.43. The topological polar surface area (TPSA) is 20.3 Å². The van der Waals surface area contributed by atoms with E-state index in [9.17, 15) is 4.79 Å². The fourth-order valence-corrected chi connectivity index (χ4v) is 0. The Balaban J connectivity index is 0. The van der Waals surface area contributed by atoms with E-state index in [1.54, 1.807) is 14.1 Å². The van der Waals surface area contributed by atoms with Gasteiger partial charge in [-0.2, -0.15) is 0 Å². The molecule has 0 saturated heterocycles. The molecule has 3 heteroatoms. The fraction of sp³-hybridized carbons (Fsp3) is 0.800. The molecule has 0 aromatic carbocycles. The van der Waals surface area contributed by atoms with E-state index in [-0.39, 0.29) is 0 Å². The van der Waals surface area contributed by atoms with E-state index in [1.165, 1.54) is 4.90 Å². The van der Waals surface area contributed by atoms with Crippen molar-refractivity contribution in [3.8, 4) is 0 Å². The maximum Gasteiger partial charge on any atom is 0.209 e. The summed E-state index contributed by atoms with van der Waals surface area (Å²) in [4.78, 5) is 10.9. The first-order chi connectivity index (χ1) is 3.68. The van der Waals surface area contributed by atoms with E-state index in [0.717, 1.165) is 6.41 Å². The average molecular weight is 133 g/mol. The first-order valence-electron chi connectivity index (χ1n) is 2.80. The minimum absolute atomic E-state index is 0.417. The minimum Gasteiger partial charge on any atom is -0.351 e. The zero-order valence-corrected chi connectivity index (χ0v) is 7.55. The Kier molecular flexibility index (Phi) is 13.1. The highest BCUT2D eigenvalue weighted by molar-refractivity contribution is 6.31. The van der Waals surface area contributed by atoms with Gasteiger partial charge < -0.3 is 4.90 Å². The molecular formula is C5H15NOSi. The number of carbonyl (C=O) groups excluding carboxylic acids is 1. The second-order valence-electron chi connectivity index (χ2n) is 1.78. The molecule has 50 valence electrons. The third-order valence-electron chi connectivity index (χ3n) is 0.211. The van der Waals surface area contributed by atoms with Gasteiger partial charge in [-0.25, -0.2) is 0 Å². The van der Waals surface area contributed by atoms with Crippen LogP contribution in [0.25, 0.3) is 0 Å². The van der Waals surface area contributed by atoms with Crippen molar-refractivity contribution in [2.45, 2.75) is 13.1 Å². The molecule has 1 amide bonds. The van der Waals surface area contributed by atoms with E-state index >= 15 is 0 Å². The van der Waals surface area contributed by atoms with Crippen LogP contribution in [0.1, 0.15) is 0 Å². The lowest BCUT2D eigenvalue weighted by Crippen LogP contribution is -2.06. The number of amides is 1. The predicted molar refractivity (Wildman–Crippen MR) is 40.0 cm³/mol. The van der Waals surface area contributed by atoms with Crippen molar-refractivity contribution in [3.63, 3.8) is 0 Å². The van der Waals surface area contributed by atoms with Crippen LogP contribution in [0, 0.1) is 0 Å². The van der Waals surface area contributed by atoms with Crippen molar-refractivity contribution >= 4 is 15.9 Å². The first-order valence-corrected chi connectivity index (χ1v) is 5.63. The molecule has 0 bridgehead atoms. The maximum absolute atomic E-state index is 9.43. The van der Waals surface area contributed by atoms with Gasteiger partial charge >= 0.3 is 0 Å². The van der Waals surface area contributed by atoms with Crippen molar-refractivity contribution in [2.75, 3.05) is 14.1 Å². The molecule has 0 aliphatic rings. The quantitative estimate of drug-likeness (QED) is 0.363. The molecule has 0 aliphatic heterocycles. The zero-order valence-electron chi connectivity index (χ0n) is 6.14. The second kappa shape index (κ2) is 9.84. The standard InChI is InChI=1S/C3H7NO.C2H8Si/c1-4(2)3-5;1-3-2/h3H,1-2H3;3H2,1-2H3. The molecule has 8 heavy (non-hydrogen) atoms. The van der Waals surface area contributed by atoms with Crippen molar-refractivity contribution in [3.05, 3.63) is 0 Å². The highest BCUT2D eigenvalue weighted by atomic mass is 28.2. The van der Waals surface area contributed by atoms with Crippen molar-refractivity contribution < 1.29 is 4.79 Å². The fourth-order valence-electron chi connectivity index (χ4n) is 0. The van der Waals surface area contributed by atoms with Gasteiger partial charge in [0.05, 0.1) is 0 Å². The van der Waals surface area contributed by atoms with Crippen LogP contribution < -0.4 is 0 Å². The molecule has 0 fully saturated rings. The van der Waals surface area contributed by atoms with Crippen LogP contribution in [0.3, 0.4) is 0 Å². The van der Waals surface area contributed by atoms with Gasteiger partial charge in [-0.3, -0.25) is 4.79 Å². The Hall–Kier alpha value is -0.313. The van der Waals surface area contributed by atoms with Gasteiger partial charge in [-0.15, -0.1) is 0 Å². The van der Waals surface area contributed by atoms with Gasteiger partial charge in [0.25, 0.3) is 0 Å². The van der Waals surface area contributed by atoms with Gasteiger partial charge in [0, 0.05) is 23.6 Å². The monoisotopic (exact) mass is 133 g/mol. The molecule has 0 saturated carbocycles. The number of carbonyl (C=O) groups is 1. The lowest BCUT2D eigenvalue weighted by molar-refractivity contribution is -0.115. The summed E-state index contributed by atoms with van der Waals surface area (Å²) in [6, 6.07) is 0. The highest BCUT2D eigenvalue weighted by Crippen LogP contribution is 1.52. The van der Waals surface area contributed by atoms with Crippen LogP contribution in [0.15, 0.2) is 0 Å². The molecule has 0 heterocycles. The average Bonchev–Trinajstić information content (AvgIpc) is 1.69. The third kappa shape index (κ3) is 43.9. The van der Waals surface area contributed by atoms with Crippen LogP contribution in [-0.4, -0.2) is 34.9 Å². The minimum atomic E-state index is 0.417. The third-order valence-corrected chi connectivity index (χ3v) is 0.211. The number of hydrogen-bond donors (Lipinski definition) is 0. The zero-order chi connectivity index (χ0) is 6.99. The lowest BCUT2D eigenvalue weighted by Gasteiger charge is -1.93. The summed E-state index contributed by atoms with van der Waals surface area (Å²) in [5.74, 6) is 0. The number of nitrogens with zero attached hydrogens (tertiary/aromatic N) is 1. The number of rotatable bonds is 1. The Morgan fingerprint density at radius 3 is 1.50 bits per heavy atom. The first kappa shape index (κ1) is 10.6. The van der Waals surface area contributed by atoms with Crippen LogP contribution in [-0.2, 0) is 4.79 Å². The van der Waals surface area contributed by atoms with Gasteiger partial charge in [0.2, 0.25) is 6.41 Å². The Morgan fingerprint density at radius 2 is 1.50 bits per heavy atom. The summed E-state index contributed by atoms with van der Waals surface area (Å²) in [6.07, 6.45) is 0.750. The van der Waals surface area contributed by atoms with Gasteiger partial charge in [-0.1, -0.05) is 13.1 Å². The Bertz CT molecular complexity index is 47.7. The molecule has 0 aromatic heterocycles. The largest absolute Gasteiger partial charge is 0.351 e. The molecule has 0 unspecified atom stereocenters. The summed E-state index contributed by atoms with van der Waals surface area (Å²) in [6.45, 7) is 4.53. The van der Waals surface area contributed by atoms with Crippen molar-refractivity contribution in [1.29, 1.82) is 0 Å². The smallest absolute Gasteiger partial charge is 0.209 e. The van der Waals surface area contributed by atoms with Crippen molar-refractivity contribution in [2.24, 2.45) is 0 Å². The van der Waals surface area contributed by atoms with Crippen LogP contribution in [0.5, 0.6) is 0 Å². The molecule has 0 aromatic rings. The van der Waals surface area contributed by atoms with Crippen LogP contribution >= 0.6 is 0 Å². The predicted octanol–water partition coefficient (Wildman–Crippen LogP) is -0.0442. The lowest BCUT2D eigenvalue weighted by atomic mass is 11.0. The van der Waals surface area contributed by atoms with E-state index in [1.807, 2.05) is 0 Å². The molecule has 0 spiro atoms. The van der Waals surface area contributed by atoms with Crippen molar-refractivity contribution in [1.82, 2.24) is 4.90 Å². The van der Waals surface area contributed by atoms with Crippen LogP contribution in [0.4, 0.5) is 0 Å². The summed E-state index contributed by atoms with van der Waals surface area (Å²) in [5, 5.41) is 0. The summed E-state index contributed by atoms with van der Waals surface area (Å²) >= 11 is 0. The second-order valence-corrected chi connectivity index (χ2v) is 3.19. The molecule has 0 aliphatic carbocycles. The SMILES string of the molecule is CN(C)C=O.C[SiH2]C. The molecular weight excluding hydrogens is 118 g/mol. The van der Waals surface area contributed by atoms with Gasteiger partial charge in [0.15, 0.2) is 0 Å². The van der Waals surface area contributed by atoms with E-state index in [4.69, 9.17) is 0 Å². The van der Waals surface area contributed by atoms with E-state index in [2.05, 4.69) is 13.1 Å². The highest BCUT2D eigenvalue weighted by Gasteiger charge is 1.68.